The van der Waals surface area contributed by atoms with Gasteiger partial charge in [0, 0.05) is 6.54 Å². The van der Waals surface area contributed by atoms with Crippen LogP contribution in [0.3, 0.4) is 0 Å². The Kier molecular flexibility index (Phi) is 4.67. The van der Waals surface area contributed by atoms with E-state index in [1.807, 2.05) is 0 Å². The average molecular weight is 281 g/mol. The number of carbonyl (C=O) groups is 1. The number of hydrogen-bond donors (Lipinski definition) is 1. The third-order valence-corrected chi connectivity index (χ3v) is 3.48. The van der Waals surface area contributed by atoms with Crippen molar-refractivity contribution in [3.63, 3.8) is 0 Å². The first-order valence-corrected chi connectivity index (χ1v) is 6.82. The molecule has 1 aliphatic heterocycles. The van der Waals surface area contributed by atoms with Crippen LogP contribution < -0.4 is 5.73 Å². The second-order valence-electron chi connectivity index (χ2n) is 5.00. The number of primary amides is 1. The number of piperidine rings is 1. The van der Waals surface area contributed by atoms with Crippen molar-refractivity contribution in [2.75, 3.05) is 19.6 Å². The molecule has 1 amide bonds. The lowest BCUT2D eigenvalue weighted by atomic mass is 10.1. The molecule has 1 aromatic heterocycles. The monoisotopic (exact) mass is 281 g/mol. The first kappa shape index (κ1) is 14.4. The molecule has 0 spiro atoms. The molecule has 2 N–H and O–H groups in total. The lowest BCUT2D eigenvalue weighted by Crippen LogP contribution is -2.31. The van der Waals surface area contributed by atoms with Gasteiger partial charge in [-0.2, -0.15) is 5.10 Å². The van der Waals surface area contributed by atoms with Gasteiger partial charge < -0.3 is 10.6 Å². The van der Waals surface area contributed by atoms with Crippen LogP contribution in [0.15, 0.2) is 6.20 Å². The topological polar surface area (TPSA) is 107 Å². The quantitative estimate of drug-likeness (QED) is 0.612. The van der Waals surface area contributed by atoms with E-state index in [0.717, 1.165) is 26.1 Å². The molecule has 0 saturated carbocycles. The molecule has 0 unspecified atom stereocenters. The fraction of sp³-hybridized carbons (Fsp3) is 0.667. The average Bonchev–Trinajstić information content (AvgIpc) is 2.85. The van der Waals surface area contributed by atoms with Gasteiger partial charge in [0.25, 0.3) is 5.91 Å². The summed E-state index contributed by atoms with van der Waals surface area (Å²) in [5.41, 5.74) is 4.49. The van der Waals surface area contributed by atoms with Crippen LogP contribution in [0.4, 0.5) is 5.69 Å². The standard InChI is InChI=1S/C12H19N5O3/c13-12(18)11-10(17(19)20)9-16(14-11)8-4-7-15-5-2-1-3-6-15/h9H,1-8H2,(H2,13,18). The summed E-state index contributed by atoms with van der Waals surface area (Å²) in [6.07, 6.45) is 5.88. The number of aryl methyl sites for hydroxylation is 1. The van der Waals surface area contributed by atoms with E-state index in [4.69, 9.17) is 5.73 Å². The Morgan fingerprint density at radius 1 is 1.35 bits per heavy atom. The molecule has 20 heavy (non-hydrogen) atoms. The molecule has 2 rings (SSSR count). The van der Waals surface area contributed by atoms with Gasteiger partial charge in [0.1, 0.15) is 6.20 Å². The zero-order valence-electron chi connectivity index (χ0n) is 11.3. The fourth-order valence-corrected chi connectivity index (χ4v) is 2.47. The third kappa shape index (κ3) is 3.53. The summed E-state index contributed by atoms with van der Waals surface area (Å²) in [4.78, 5) is 23.6. The minimum atomic E-state index is -0.869. The summed E-state index contributed by atoms with van der Waals surface area (Å²) in [6, 6.07) is 0. The van der Waals surface area contributed by atoms with Gasteiger partial charge in [-0.15, -0.1) is 0 Å². The van der Waals surface area contributed by atoms with Gasteiger partial charge in [0.2, 0.25) is 5.69 Å². The molecule has 1 aliphatic rings. The minimum Gasteiger partial charge on any atom is -0.364 e. The largest absolute Gasteiger partial charge is 0.364 e. The maximum absolute atomic E-state index is 11.1. The Hall–Kier alpha value is -1.96. The van der Waals surface area contributed by atoms with E-state index >= 15 is 0 Å². The third-order valence-electron chi connectivity index (χ3n) is 3.48. The molecule has 0 radical (unpaired) electrons. The molecule has 1 fully saturated rings. The Morgan fingerprint density at radius 3 is 2.60 bits per heavy atom. The van der Waals surface area contributed by atoms with E-state index in [0.29, 0.717) is 6.54 Å². The van der Waals surface area contributed by atoms with Crippen LogP contribution in [-0.4, -0.2) is 45.1 Å². The first-order chi connectivity index (χ1) is 9.58. The zero-order chi connectivity index (χ0) is 14.5. The van der Waals surface area contributed by atoms with Crippen molar-refractivity contribution < 1.29 is 9.72 Å². The predicted molar refractivity (Wildman–Crippen MR) is 72.3 cm³/mol. The second kappa shape index (κ2) is 6.47. The van der Waals surface area contributed by atoms with E-state index in [-0.39, 0.29) is 11.4 Å². The second-order valence-corrected chi connectivity index (χ2v) is 5.00. The summed E-state index contributed by atoms with van der Waals surface area (Å²) in [6.45, 7) is 3.72. The summed E-state index contributed by atoms with van der Waals surface area (Å²) in [5.74, 6) is -0.869. The number of nitrogens with two attached hydrogens (primary N) is 1. The number of likely N-dealkylation sites (tertiary alicyclic amines) is 1. The zero-order valence-corrected chi connectivity index (χ0v) is 11.3. The molecule has 0 aliphatic carbocycles. The molecule has 0 bridgehead atoms. The molecule has 8 nitrogen and oxygen atoms in total. The van der Waals surface area contributed by atoms with E-state index in [1.54, 1.807) is 0 Å². The molecule has 0 atom stereocenters. The van der Waals surface area contributed by atoms with Crippen LogP contribution >= 0.6 is 0 Å². The summed E-state index contributed by atoms with van der Waals surface area (Å²) >= 11 is 0. The number of hydrogen-bond acceptors (Lipinski definition) is 5. The molecule has 8 heteroatoms. The normalized spacial score (nSPS) is 16.2. The first-order valence-electron chi connectivity index (χ1n) is 6.82. The van der Waals surface area contributed by atoms with Gasteiger partial charge in [-0.1, -0.05) is 6.42 Å². The summed E-state index contributed by atoms with van der Waals surface area (Å²) < 4.78 is 1.43. The number of amides is 1. The summed E-state index contributed by atoms with van der Waals surface area (Å²) in [7, 11) is 0. The number of nitrogens with zero attached hydrogens (tertiary/aromatic N) is 4. The smallest absolute Gasteiger partial charge is 0.320 e. The Labute approximate surface area is 116 Å². The van der Waals surface area contributed by atoms with Crippen LogP contribution in [0.1, 0.15) is 36.2 Å². The van der Waals surface area contributed by atoms with Crippen LogP contribution in [0, 0.1) is 10.1 Å². The Morgan fingerprint density at radius 2 is 2.05 bits per heavy atom. The van der Waals surface area contributed by atoms with Crippen LogP contribution in [0.2, 0.25) is 0 Å². The number of rotatable bonds is 6. The van der Waals surface area contributed by atoms with Crippen molar-refractivity contribution in [1.82, 2.24) is 14.7 Å². The van der Waals surface area contributed by atoms with Gasteiger partial charge in [0.15, 0.2) is 0 Å². The summed E-state index contributed by atoms with van der Waals surface area (Å²) in [5, 5.41) is 14.7. The van der Waals surface area contributed by atoms with Crippen LogP contribution in [0.5, 0.6) is 0 Å². The molecular formula is C12H19N5O3. The highest BCUT2D eigenvalue weighted by molar-refractivity contribution is 5.94. The van der Waals surface area contributed by atoms with E-state index in [1.165, 1.54) is 30.1 Å². The van der Waals surface area contributed by atoms with Crippen molar-refractivity contribution in [3.8, 4) is 0 Å². The molecule has 0 aromatic carbocycles. The van der Waals surface area contributed by atoms with Crippen molar-refractivity contribution in [2.45, 2.75) is 32.2 Å². The molecule has 1 aromatic rings. The van der Waals surface area contributed by atoms with E-state index in [2.05, 4.69) is 10.00 Å². The van der Waals surface area contributed by atoms with Crippen LogP contribution in [-0.2, 0) is 6.54 Å². The lowest BCUT2D eigenvalue weighted by Gasteiger charge is -2.26. The Balaban J connectivity index is 1.90. The SMILES string of the molecule is NC(=O)c1nn(CCCN2CCCCC2)cc1[N+](=O)[O-]. The number of carbonyl (C=O) groups excluding carboxylic acids is 1. The van der Waals surface area contributed by atoms with E-state index < -0.39 is 10.8 Å². The lowest BCUT2D eigenvalue weighted by molar-refractivity contribution is -0.385. The minimum absolute atomic E-state index is 0.270. The van der Waals surface area contributed by atoms with Gasteiger partial charge >= 0.3 is 5.69 Å². The highest BCUT2D eigenvalue weighted by Gasteiger charge is 2.23. The van der Waals surface area contributed by atoms with Crippen molar-refractivity contribution >= 4 is 11.6 Å². The Bertz CT molecular complexity index is 462. The molecule has 2 heterocycles. The van der Waals surface area contributed by atoms with Gasteiger partial charge in [-0.05, 0) is 38.9 Å². The van der Waals surface area contributed by atoms with Crippen LogP contribution in [0.25, 0.3) is 0 Å². The van der Waals surface area contributed by atoms with Gasteiger partial charge in [-0.3, -0.25) is 19.6 Å². The maximum atomic E-state index is 11.1. The maximum Gasteiger partial charge on any atom is 0.320 e. The molecule has 110 valence electrons. The highest BCUT2D eigenvalue weighted by Crippen LogP contribution is 2.16. The van der Waals surface area contributed by atoms with E-state index in [9.17, 15) is 14.9 Å². The molecular weight excluding hydrogens is 262 g/mol. The van der Waals surface area contributed by atoms with Gasteiger partial charge in [0.05, 0.1) is 4.92 Å². The number of aromatic nitrogens is 2. The predicted octanol–water partition coefficient (Wildman–Crippen LogP) is 0.766. The fourth-order valence-electron chi connectivity index (χ4n) is 2.47. The molecule has 1 saturated heterocycles. The highest BCUT2D eigenvalue weighted by atomic mass is 16.6. The van der Waals surface area contributed by atoms with Gasteiger partial charge in [-0.25, -0.2) is 0 Å². The van der Waals surface area contributed by atoms with Crippen molar-refractivity contribution in [2.24, 2.45) is 5.73 Å². The number of nitro groups is 1. The van der Waals surface area contributed by atoms with Crippen molar-refractivity contribution in [1.29, 1.82) is 0 Å². The van der Waals surface area contributed by atoms with Crippen molar-refractivity contribution in [3.05, 3.63) is 22.0 Å².